The zero-order valence-electron chi connectivity index (χ0n) is 11.9. The first-order chi connectivity index (χ1) is 10.2. The van der Waals surface area contributed by atoms with Gasteiger partial charge in [-0.25, -0.2) is 0 Å². The van der Waals surface area contributed by atoms with Gasteiger partial charge in [0.05, 0.1) is 13.0 Å². The molecule has 0 aliphatic heterocycles. The number of hydrogen-bond acceptors (Lipinski definition) is 2. The second-order valence-corrected chi connectivity index (χ2v) is 5.61. The maximum absolute atomic E-state index is 12.1. The number of carbonyl (C=O) groups is 1. The van der Waals surface area contributed by atoms with Crippen LogP contribution in [0.25, 0.3) is 0 Å². The van der Waals surface area contributed by atoms with E-state index in [2.05, 4.69) is 21.2 Å². The summed E-state index contributed by atoms with van der Waals surface area (Å²) in [7, 11) is 0. The first kappa shape index (κ1) is 15.7. The third kappa shape index (κ3) is 5.33. The SMILES string of the molecule is CCOCc1cccc(NC(=O)Cc2cccc(Br)c2)c1. The molecule has 0 atom stereocenters. The molecule has 0 aliphatic carbocycles. The first-order valence-electron chi connectivity index (χ1n) is 6.88. The smallest absolute Gasteiger partial charge is 0.228 e. The van der Waals surface area contributed by atoms with Gasteiger partial charge in [-0.2, -0.15) is 0 Å². The van der Waals surface area contributed by atoms with Crippen LogP contribution in [0.2, 0.25) is 0 Å². The fraction of sp³-hybridized carbons (Fsp3) is 0.235. The number of nitrogens with one attached hydrogen (secondary N) is 1. The third-order valence-electron chi connectivity index (χ3n) is 2.94. The average molecular weight is 348 g/mol. The van der Waals surface area contributed by atoms with Gasteiger partial charge < -0.3 is 10.1 Å². The predicted molar refractivity (Wildman–Crippen MR) is 88.2 cm³/mol. The monoisotopic (exact) mass is 347 g/mol. The largest absolute Gasteiger partial charge is 0.377 e. The fourth-order valence-corrected chi connectivity index (χ4v) is 2.44. The van der Waals surface area contributed by atoms with Crippen molar-refractivity contribution in [3.63, 3.8) is 0 Å². The predicted octanol–water partition coefficient (Wildman–Crippen LogP) is 4.17. The highest BCUT2D eigenvalue weighted by Crippen LogP contribution is 2.14. The normalized spacial score (nSPS) is 10.4. The molecule has 0 heterocycles. The van der Waals surface area contributed by atoms with Crippen LogP contribution in [0.3, 0.4) is 0 Å². The number of benzene rings is 2. The average Bonchev–Trinajstić information content (AvgIpc) is 2.45. The molecule has 0 saturated carbocycles. The minimum absolute atomic E-state index is 0.0262. The van der Waals surface area contributed by atoms with Crippen LogP contribution in [0, 0.1) is 0 Å². The van der Waals surface area contributed by atoms with Crippen LogP contribution in [0.1, 0.15) is 18.1 Å². The molecule has 2 aromatic rings. The Bertz CT molecular complexity index is 613. The summed E-state index contributed by atoms with van der Waals surface area (Å²) in [6.07, 6.45) is 0.356. The van der Waals surface area contributed by atoms with Crippen molar-refractivity contribution in [3.05, 3.63) is 64.1 Å². The molecule has 0 bridgehead atoms. The first-order valence-corrected chi connectivity index (χ1v) is 7.67. The molecule has 0 aliphatic rings. The molecule has 4 heteroatoms. The molecular formula is C17H18BrNO2. The number of ether oxygens (including phenoxy) is 1. The third-order valence-corrected chi connectivity index (χ3v) is 3.43. The number of hydrogen-bond donors (Lipinski definition) is 1. The van der Waals surface area contributed by atoms with E-state index in [-0.39, 0.29) is 5.91 Å². The van der Waals surface area contributed by atoms with Crippen LogP contribution < -0.4 is 5.32 Å². The Labute approximate surface area is 133 Å². The van der Waals surface area contributed by atoms with Crippen molar-refractivity contribution in [1.29, 1.82) is 0 Å². The lowest BCUT2D eigenvalue weighted by molar-refractivity contribution is -0.115. The zero-order chi connectivity index (χ0) is 15.1. The standard InChI is InChI=1S/C17H18BrNO2/c1-2-21-12-14-6-4-8-16(10-14)19-17(20)11-13-5-3-7-15(18)9-13/h3-10H,2,11-12H2,1H3,(H,19,20). The van der Waals surface area contributed by atoms with E-state index in [4.69, 9.17) is 4.74 Å². The Morgan fingerprint density at radius 3 is 2.67 bits per heavy atom. The maximum atomic E-state index is 12.1. The molecule has 21 heavy (non-hydrogen) atoms. The second-order valence-electron chi connectivity index (χ2n) is 4.69. The highest BCUT2D eigenvalue weighted by molar-refractivity contribution is 9.10. The van der Waals surface area contributed by atoms with Gasteiger partial charge in [0.2, 0.25) is 5.91 Å². The summed E-state index contributed by atoms with van der Waals surface area (Å²) in [5.74, 6) is -0.0262. The minimum atomic E-state index is -0.0262. The molecule has 0 fully saturated rings. The maximum Gasteiger partial charge on any atom is 0.228 e. The van der Waals surface area contributed by atoms with Gasteiger partial charge in [-0.15, -0.1) is 0 Å². The van der Waals surface area contributed by atoms with Crippen molar-refractivity contribution in [1.82, 2.24) is 0 Å². The van der Waals surface area contributed by atoms with E-state index in [0.717, 1.165) is 21.3 Å². The summed E-state index contributed by atoms with van der Waals surface area (Å²) in [6, 6.07) is 15.5. The summed E-state index contributed by atoms with van der Waals surface area (Å²) in [5.41, 5.74) is 2.83. The number of rotatable bonds is 6. The molecule has 0 spiro atoms. The number of amides is 1. The van der Waals surface area contributed by atoms with Gasteiger partial charge in [-0.1, -0.05) is 40.2 Å². The molecule has 1 amide bonds. The molecule has 0 radical (unpaired) electrons. The van der Waals surface area contributed by atoms with Crippen molar-refractivity contribution in [2.45, 2.75) is 20.0 Å². The van der Waals surface area contributed by atoms with Crippen LogP contribution in [0.5, 0.6) is 0 Å². The lowest BCUT2D eigenvalue weighted by Crippen LogP contribution is -2.14. The van der Waals surface area contributed by atoms with E-state index in [9.17, 15) is 4.79 Å². The van der Waals surface area contributed by atoms with Gasteiger partial charge in [0, 0.05) is 16.8 Å². The van der Waals surface area contributed by atoms with Gasteiger partial charge in [0.1, 0.15) is 0 Å². The molecule has 2 rings (SSSR count). The second kappa shape index (κ2) is 7.96. The Balaban J connectivity index is 1.96. The van der Waals surface area contributed by atoms with Gasteiger partial charge in [-0.05, 0) is 42.3 Å². The molecule has 1 N–H and O–H groups in total. The Morgan fingerprint density at radius 2 is 1.90 bits per heavy atom. The van der Waals surface area contributed by atoms with E-state index in [1.807, 2.05) is 55.5 Å². The fourth-order valence-electron chi connectivity index (χ4n) is 2.00. The number of carbonyl (C=O) groups excluding carboxylic acids is 1. The van der Waals surface area contributed by atoms with Crippen LogP contribution in [0.15, 0.2) is 53.0 Å². The van der Waals surface area contributed by atoms with Crippen LogP contribution >= 0.6 is 15.9 Å². The molecule has 110 valence electrons. The minimum Gasteiger partial charge on any atom is -0.377 e. The summed E-state index contributed by atoms with van der Waals surface area (Å²) >= 11 is 3.41. The number of anilines is 1. The molecule has 0 saturated heterocycles. The van der Waals surface area contributed by atoms with Crippen LogP contribution in [-0.2, 0) is 22.6 Å². The quantitative estimate of drug-likeness (QED) is 0.851. The number of halogens is 1. The molecule has 0 aromatic heterocycles. The Morgan fingerprint density at radius 1 is 1.14 bits per heavy atom. The van der Waals surface area contributed by atoms with Gasteiger partial charge in [0.15, 0.2) is 0 Å². The Kier molecular flexibility index (Phi) is 5.96. The van der Waals surface area contributed by atoms with E-state index >= 15 is 0 Å². The topological polar surface area (TPSA) is 38.3 Å². The van der Waals surface area contributed by atoms with Crippen molar-refractivity contribution >= 4 is 27.5 Å². The summed E-state index contributed by atoms with van der Waals surface area (Å²) < 4.78 is 6.35. The van der Waals surface area contributed by atoms with Gasteiger partial charge >= 0.3 is 0 Å². The van der Waals surface area contributed by atoms with E-state index in [1.54, 1.807) is 0 Å². The van der Waals surface area contributed by atoms with E-state index in [0.29, 0.717) is 19.6 Å². The lowest BCUT2D eigenvalue weighted by atomic mass is 10.1. The van der Waals surface area contributed by atoms with E-state index < -0.39 is 0 Å². The molecule has 3 nitrogen and oxygen atoms in total. The van der Waals surface area contributed by atoms with Gasteiger partial charge in [0.25, 0.3) is 0 Å². The van der Waals surface area contributed by atoms with Crippen molar-refractivity contribution < 1.29 is 9.53 Å². The summed E-state index contributed by atoms with van der Waals surface area (Å²) in [6.45, 7) is 3.20. The van der Waals surface area contributed by atoms with Crippen molar-refractivity contribution in [2.24, 2.45) is 0 Å². The molecular weight excluding hydrogens is 330 g/mol. The van der Waals surface area contributed by atoms with E-state index in [1.165, 1.54) is 0 Å². The van der Waals surface area contributed by atoms with Crippen molar-refractivity contribution in [2.75, 3.05) is 11.9 Å². The lowest BCUT2D eigenvalue weighted by Gasteiger charge is -2.08. The summed E-state index contributed by atoms with van der Waals surface area (Å²) in [4.78, 5) is 12.1. The van der Waals surface area contributed by atoms with Crippen LogP contribution in [0.4, 0.5) is 5.69 Å². The Hall–Kier alpha value is -1.65. The van der Waals surface area contributed by atoms with Gasteiger partial charge in [-0.3, -0.25) is 4.79 Å². The molecule has 2 aromatic carbocycles. The summed E-state index contributed by atoms with van der Waals surface area (Å²) in [5, 5.41) is 2.92. The highest BCUT2D eigenvalue weighted by atomic mass is 79.9. The van der Waals surface area contributed by atoms with Crippen molar-refractivity contribution in [3.8, 4) is 0 Å². The highest BCUT2D eigenvalue weighted by Gasteiger charge is 2.05. The van der Waals surface area contributed by atoms with Crippen LogP contribution in [-0.4, -0.2) is 12.5 Å². The zero-order valence-corrected chi connectivity index (χ0v) is 13.5. The molecule has 0 unspecified atom stereocenters.